The fourth-order valence-corrected chi connectivity index (χ4v) is 2.94. The first-order chi connectivity index (χ1) is 14.0. The number of rotatable bonds is 11. The molecule has 2 aromatic rings. The monoisotopic (exact) mass is 404 g/mol. The van der Waals surface area contributed by atoms with Gasteiger partial charge in [-0.2, -0.15) is 0 Å². The van der Waals surface area contributed by atoms with Gasteiger partial charge >= 0.3 is 0 Å². The topological polar surface area (TPSA) is 86.6 Å². The third kappa shape index (κ3) is 5.13. The normalized spacial score (nSPS) is 12.6. The number of ether oxygens (including phenoxy) is 5. The van der Waals surface area contributed by atoms with Gasteiger partial charge in [-0.25, -0.2) is 0 Å². The lowest BCUT2D eigenvalue weighted by molar-refractivity contribution is -0.00175. The fourth-order valence-electron chi connectivity index (χ4n) is 2.94. The molecule has 0 radical (unpaired) electrons. The molecule has 0 saturated carbocycles. The first-order valence-corrected chi connectivity index (χ1v) is 9.06. The largest absolute Gasteiger partial charge is 0.493 e. The average Bonchev–Trinajstić information content (AvgIpc) is 2.76. The lowest BCUT2D eigenvalue weighted by Crippen LogP contribution is -2.29. The number of aliphatic hydroxyl groups excluding tert-OH is 2. The minimum Gasteiger partial charge on any atom is -0.493 e. The summed E-state index contributed by atoms with van der Waals surface area (Å²) < 4.78 is 27.3. The number of aliphatic hydroxyl groups is 2. The second-order valence-electron chi connectivity index (χ2n) is 6.22. The van der Waals surface area contributed by atoms with Crippen LogP contribution in [0.5, 0.6) is 28.7 Å². The van der Waals surface area contributed by atoms with E-state index in [9.17, 15) is 10.2 Å². The molecule has 0 unspecified atom stereocenters. The molecule has 2 aromatic carbocycles. The Kier molecular flexibility index (Phi) is 8.18. The minimum absolute atomic E-state index is 0.293. The highest BCUT2D eigenvalue weighted by atomic mass is 16.6. The SMILES string of the molecule is C=CCc1cc(OC)c(O[C@@H](CO)[C@@H](O)c2ccc(OC)c(OC)c2)c(OC)c1. The molecule has 158 valence electrons. The Bertz CT molecular complexity index is 794. The van der Waals surface area contributed by atoms with Crippen molar-refractivity contribution in [3.8, 4) is 28.7 Å². The van der Waals surface area contributed by atoms with Crippen LogP contribution in [0.3, 0.4) is 0 Å². The van der Waals surface area contributed by atoms with E-state index in [0.717, 1.165) is 5.56 Å². The molecule has 2 rings (SSSR count). The van der Waals surface area contributed by atoms with Gasteiger partial charge in [0.05, 0.1) is 35.0 Å². The zero-order chi connectivity index (χ0) is 21.4. The minimum atomic E-state index is -1.14. The Labute approximate surface area is 171 Å². The molecule has 0 heterocycles. The van der Waals surface area contributed by atoms with Gasteiger partial charge in [0.25, 0.3) is 0 Å². The molecule has 0 aliphatic carbocycles. The van der Waals surface area contributed by atoms with Crippen LogP contribution in [0.15, 0.2) is 43.0 Å². The summed E-state index contributed by atoms with van der Waals surface area (Å²) in [5.41, 5.74) is 1.44. The predicted molar refractivity (Wildman–Crippen MR) is 109 cm³/mol. The van der Waals surface area contributed by atoms with E-state index < -0.39 is 18.8 Å². The van der Waals surface area contributed by atoms with Gasteiger partial charge in [0.1, 0.15) is 6.10 Å². The molecule has 0 fully saturated rings. The van der Waals surface area contributed by atoms with Crippen LogP contribution < -0.4 is 23.7 Å². The Hall–Kier alpha value is -2.90. The zero-order valence-electron chi connectivity index (χ0n) is 17.2. The number of allylic oxidation sites excluding steroid dienone is 1. The van der Waals surface area contributed by atoms with Crippen LogP contribution in [-0.4, -0.2) is 51.4 Å². The van der Waals surface area contributed by atoms with Gasteiger partial charge in [0.2, 0.25) is 5.75 Å². The van der Waals surface area contributed by atoms with Crippen LogP contribution in [0.2, 0.25) is 0 Å². The maximum atomic E-state index is 10.8. The summed E-state index contributed by atoms with van der Waals surface area (Å²) in [5, 5.41) is 20.7. The van der Waals surface area contributed by atoms with E-state index in [1.807, 2.05) is 0 Å². The molecule has 0 spiro atoms. The van der Waals surface area contributed by atoms with Crippen molar-refractivity contribution in [1.29, 1.82) is 0 Å². The van der Waals surface area contributed by atoms with E-state index in [1.54, 1.807) is 36.4 Å². The van der Waals surface area contributed by atoms with E-state index in [2.05, 4.69) is 6.58 Å². The van der Waals surface area contributed by atoms with Crippen molar-refractivity contribution in [2.24, 2.45) is 0 Å². The van der Waals surface area contributed by atoms with Crippen molar-refractivity contribution in [3.63, 3.8) is 0 Å². The van der Waals surface area contributed by atoms with Gasteiger partial charge in [-0.3, -0.25) is 0 Å². The van der Waals surface area contributed by atoms with Gasteiger partial charge in [0, 0.05) is 0 Å². The van der Waals surface area contributed by atoms with Gasteiger partial charge < -0.3 is 33.9 Å². The quantitative estimate of drug-likeness (QED) is 0.557. The molecule has 0 amide bonds. The van der Waals surface area contributed by atoms with Crippen molar-refractivity contribution in [3.05, 3.63) is 54.1 Å². The standard InChI is InChI=1S/C22H28O7/c1-6-7-14-10-18(27-4)22(19(11-14)28-5)29-20(13-23)21(24)15-8-9-16(25-2)17(12-15)26-3/h6,8-12,20-21,23-24H,1,7,13H2,2-5H3/t20-,21-/m0/s1. The number of hydrogen-bond donors (Lipinski definition) is 2. The summed E-state index contributed by atoms with van der Waals surface area (Å²) in [7, 11) is 6.06. The number of benzene rings is 2. The van der Waals surface area contributed by atoms with Gasteiger partial charge in [0.15, 0.2) is 29.1 Å². The molecule has 7 heteroatoms. The lowest BCUT2D eigenvalue weighted by atomic mass is 10.0. The average molecular weight is 404 g/mol. The highest BCUT2D eigenvalue weighted by Crippen LogP contribution is 2.41. The number of hydrogen-bond acceptors (Lipinski definition) is 7. The van der Waals surface area contributed by atoms with Crippen LogP contribution in [0, 0.1) is 0 Å². The van der Waals surface area contributed by atoms with Crippen LogP contribution >= 0.6 is 0 Å². The molecule has 0 bridgehead atoms. The van der Waals surface area contributed by atoms with Gasteiger partial charge in [-0.05, 0) is 41.8 Å². The number of methoxy groups -OCH3 is 4. The fraction of sp³-hybridized carbons (Fsp3) is 0.364. The summed E-state index contributed by atoms with van der Waals surface area (Å²) in [6.45, 7) is 3.30. The van der Waals surface area contributed by atoms with Crippen LogP contribution in [-0.2, 0) is 6.42 Å². The van der Waals surface area contributed by atoms with E-state index in [0.29, 0.717) is 40.7 Å². The van der Waals surface area contributed by atoms with Crippen LogP contribution in [0.25, 0.3) is 0 Å². The summed E-state index contributed by atoms with van der Waals surface area (Å²) in [6, 6.07) is 8.60. The van der Waals surface area contributed by atoms with Crippen LogP contribution in [0.4, 0.5) is 0 Å². The third-order valence-corrected chi connectivity index (χ3v) is 4.45. The summed E-state index contributed by atoms with van der Waals surface area (Å²) in [5.74, 6) is 2.15. The Morgan fingerprint density at radius 2 is 1.48 bits per heavy atom. The first-order valence-electron chi connectivity index (χ1n) is 9.06. The molecule has 2 N–H and O–H groups in total. The summed E-state index contributed by atoms with van der Waals surface area (Å²) in [6.07, 6.45) is 0.291. The molecule has 7 nitrogen and oxygen atoms in total. The van der Waals surface area contributed by atoms with Crippen LogP contribution in [0.1, 0.15) is 17.2 Å². The second kappa shape index (κ2) is 10.6. The van der Waals surface area contributed by atoms with Gasteiger partial charge in [-0.1, -0.05) is 12.1 Å². The van der Waals surface area contributed by atoms with E-state index >= 15 is 0 Å². The third-order valence-electron chi connectivity index (χ3n) is 4.45. The maximum absolute atomic E-state index is 10.8. The Morgan fingerprint density at radius 3 is 1.97 bits per heavy atom. The molecule has 2 atom stereocenters. The lowest BCUT2D eigenvalue weighted by Gasteiger charge is -2.25. The van der Waals surface area contributed by atoms with Crippen molar-refractivity contribution in [2.45, 2.75) is 18.6 Å². The molecule has 0 aliphatic heterocycles. The van der Waals surface area contributed by atoms with E-state index in [-0.39, 0.29) is 0 Å². The highest BCUT2D eigenvalue weighted by molar-refractivity contribution is 5.54. The summed E-state index contributed by atoms with van der Waals surface area (Å²) >= 11 is 0. The smallest absolute Gasteiger partial charge is 0.204 e. The van der Waals surface area contributed by atoms with Gasteiger partial charge in [-0.15, -0.1) is 6.58 Å². The molecule has 0 aromatic heterocycles. The zero-order valence-corrected chi connectivity index (χ0v) is 17.2. The summed E-state index contributed by atoms with van der Waals surface area (Å²) in [4.78, 5) is 0. The van der Waals surface area contributed by atoms with Crippen molar-refractivity contribution < 1.29 is 33.9 Å². The molecule has 0 saturated heterocycles. The van der Waals surface area contributed by atoms with Crippen molar-refractivity contribution in [2.75, 3.05) is 35.0 Å². The van der Waals surface area contributed by atoms with E-state index in [1.165, 1.54) is 28.4 Å². The molecule has 0 aliphatic rings. The first kappa shape index (κ1) is 22.4. The van der Waals surface area contributed by atoms with Crippen molar-refractivity contribution >= 4 is 0 Å². The molecular formula is C22H28O7. The second-order valence-corrected chi connectivity index (χ2v) is 6.22. The molecular weight excluding hydrogens is 376 g/mol. The molecule has 29 heavy (non-hydrogen) atoms. The Morgan fingerprint density at radius 1 is 0.897 bits per heavy atom. The van der Waals surface area contributed by atoms with E-state index in [4.69, 9.17) is 23.7 Å². The van der Waals surface area contributed by atoms with Crippen molar-refractivity contribution in [1.82, 2.24) is 0 Å². The predicted octanol–water partition coefficient (Wildman–Crippen LogP) is 2.92. The Balaban J connectivity index is 2.37. The highest BCUT2D eigenvalue weighted by Gasteiger charge is 2.26. The maximum Gasteiger partial charge on any atom is 0.204 e.